The number of aliphatic hydroxyl groups is 1. The molecule has 0 heterocycles. The van der Waals surface area contributed by atoms with Crippen LogP contribution in [-0.4, -0.2) is 235 Å². The molecule has 0 bridgehead atoms. The van der Waals surface area contributed by atoms with Gasteiger partial charge in [-0.05, 0) is 231 Å². The minimum absolute atomic E-state index is 0.0191. The van der Waals surface area contributed by atoms with Gasteiger partial charge in [-0.25, -0.2) is 0 Å². The Morgan fingerprint density at radius 3 is 0.857 bits per heavy atom. The van der Waals surface area contributed by atoms with Crippen molar-refractivity contribution in [3.8, 4) is 5.75 Å². The van der Waals surface area contributed by atoms with Crippen LogP contribution in [0.4, 0.5) is 0 Å². The highest BCUT2D eigenvalue weighted by atomic mass is 16.4. The zero-order valence-electron chi connectivity index (χ0n) is 66.8. The second-order valence-corrected chi connectivity index (χ2v) is 29.1. The maximum Gasteiger partial charge on any atom is 0.325 e. The number of aliphatic carboxylic acids is 1. The highest BCUT2D eigenvalue weighted by Crippen LogP contribution is 2.17. The lowest BCUT2D eigenvalue weighted by molar-refractivity contribution is -0.142. The molecule has 0 fully saturated rings. The van der Waals surface area contributed by atoms with Crippen molar-refractivity contribution in [1.29, 1.82) is 0 Å². The topological polar surface area (TPSA) is 664 Å². The Kier molecular flexibility index (Phi) is 51.0. The van der Waals surface area contributed by atoms with Crippen LogP contribution in [0.15, 0.2) is 24.3 Å². The van der Waals surface area contributed by atoms with Crippen molar-refractivity contribution in [2.45, 2.75) is 287 Å². The number of rotatable bonds is 60. The smallest absolute Gasteiger partial charge is 0.325 e. The van der Waals surface area contributed by atoms with Gasteiger partial charge in [-0.15, -0.1) is 0 Å². The zero-order chi connectivity index (χ0) is 84.6. The second-order valence-electron chi connectivity index (χ2n) is 29.1. The molecule has 0 aliphatic heterocycles. The molecule has 112 heavy (non-hydrogen) atoms. The number of hydrogen-bond donors (Lipinski definition) is 24. The summed E-state index contributed by atoms with van der Waals surface area (Å²) in [7, 11) is 0. The molecule has 38 heteroatoms. The lowest BCUT2D eigenvalue weighted by atomic mass is 9.98. The Bertz CT molecular complexity index is 3080. The summed E-state index contributed by atoms with van der Waals surface area (Å²) in [6.07, 6.45) is 4.98. The Morgan fingerprint density at radius 2 is 0.536 bits per heavy atom. The zero-order valence-corrected chi connectivity index (χ0v) is 66.8. The van der Waals surface area contributed by atoms with Crippen LogP contribution >= 0.6 is 0 Å². The van der Waals surface area contributed by atoms with Crippen molar-refractivity contribution in [2.75, 3.05) is 45.8 Å². The lowest BCUT2D eigenvalue weighted by Crippen LogP contribution is -2.62. The molecule has 0 aromatic heterocycles. The number of phenolic OH excluding ortho intramolecular Hbond substituents is 1. The van der Waals surface area contributed by atoms with Crippen LogP contribution in [0.1, 0.15) is 196 Å². The van der Waals surface area contributed by atoms with Crippen molar-refractivity contribution in [3.05, 3.63) is 29.8 Å². The summed E-state index contributed by atoms with van der Waals surface area (Å²) in [6, 6.07) is -13.1. The summed E-state index contributed by atoms with van der Waals surface area (Å²) in [6.45, 7) is 13.4. The van der Waals surface area contributed by atoms with E-state index < -0.39 is 185 Å². The van der Waals surface area contributed by atoms with Gasteiger partial charge in [0.25, 0.3) is 0 Å². The predicted octanol–water partition coefficient (Wildman–Crippen LogP) is -4.70. The summed E-state index contributed by atoms with van der Waals surface area (Å²) in [5, 5.41) is 64.5. The van der Waals surface area contributed by atoms with E-state index in [-0.39, 0.29) is 89.8 Å². The van der Waals surface area contributed by atoms with E-state index in [0.29, 0.717) is 109 Å². The first-order chi connectivity index (χ1) is 53.0. The predicted molar refractivity (Wildman–Crippen MR) is 421 cm³/mol. The Morgan fingerprint density at radius 1 is 0.295 bits per heavy atom. The number of carbonyl (C=O) groups excluding carboxylic acids is 13. The van der Waals surface area contributed by atoms with Crippen LogP contribution in [0.25, 0.3) is 0 Å². The number of unbranched alkanes of at least 4 members (excludes halogenated alkanes) is 7. The first kappa shape index (κ1) is 101. The molecule has 0 aliphatic rings. The average Bonchev–Trinajstić information content (AvgIpc) is 0.848. The fraction of sp³-hybridized carbons (Fsp3) is 0.730. The van der Waals surface area contributed by atoms with E-state index >= 15 is 0 Å². The van der Waals surface area contributed by atoms with E-state index in [9.17, 15) is 82.4 Å². The largest absolute Gasteiger partial charge is 0.508 e. The Hall–Kier alpha value is -8.76. The molecule has 13 amide bonds. The normalized spacial score (nSPS) is 15.3. The van der Waals surface area contributed by atoms with Crippen molar-refractivity contribution in [1.82, 2.24) is 69.1 Å². The maximum absolute atomic E-state index is 14.6. The number of benzene rings is 1. The number of carboxylic acid groups (broad SMARTS) is 1. The van der Waals surface area contributed by atoms with E-state index in [1.807, 2.05) is 0 Å². The summed E-state index contributed by atoms with van der Waals surface area (Å²) in [5.41, 5.74) is 46.8. The molecule has 0 aliphatic carbocycles. The molecule has 0 saturated heterocycles. The maximum atomic E-state index is 14.6. The minimum Gasteiger partial charge on any atom is -0.508 e. The molecule has 32 N–H and O–H groups in total. The lowest BCUT2D eigenvalue weighted by Gasteiger charge is -2.30. The van der Waals surface area contributed by atoms with Gasteiger partial charge in [0.2, 0.25) is 76.8 Å². The van der Waals surface area contributed by atoms with Crippen LogP contribution in [0.2, 0.25) is 0 Å². The molecule has 38 nitrogen and oxygen atoms in total. The van der Waals surface area contributed by atoms with Crippen molar-refractivity contribution < 1.29 is 82.4 Å². The molecular weight excluding hydrogens is 1450 g/mol. The standard InChI is InChI=1S/C74H135N21O17/c1-42(2)58(94-72(109)59(43(3)4)93-69(106)56(29-15-22-40-81)90-67(104)54(27-13-20-38-79)88-65(102)52(25-11-18-36-77)86-63(100)50(82)23-9-16-34-75)71(108)84-44(5)61(98)83-45(6)62(99)95-60(47(8)96)73(110)92-57(41-48-30-32-49(97)33-31-48)70(107)91-55(28-14-21-39-80)68(105)89-53(26-12-19-37-78)66(103)87-51(24-10-17-35-76)64(101)85-46(7)74(111)112/h30-33,42-47,50-60,96-97H,9-29,34-41,75-82H2,1-8H3,(H,83,98)(H,84,108)(H,85,101)(H,86,100)(H,87,103)(H,88,102)(H,89,105)(H,90,104)(H,91,107)(H,92,110)(H,93,106)(H,94,109)(H,95,99)(H,111,112)/t44-,45-,46-,47+,50-,51-,52-,53-,54-,55-,56-,57-,58-,59-,60-/m0/s1. The molecule has 1 rings (SSSR count). The first-order valence-electron chi connectivity index (χ1n) is 39.4. The number of nitrogens with two attached hydrogens (primary N) is 8. The highest BCUT2D eigenvalue weighted by Gasteiger charge is 2.39. The van der Waals surface area contributed by atoms with E-state index in [1.165, 1.54) is 52.0 Å². The first-order valence-corrected chi connectivity index (χ1v) is 39.4. The number of aliphatic hydroxyl groups excluding tert-OH is 1. The molecule has 15 atom stereocenters. The van der Waals surface area contributed by atoms with Crippen LogP contribution in [0.5, 0.6) is 5.75 Å². The van der Waals surface area contributed by atoms with Crippen LogP contribution < -0.4 is 115 Å². The van der Waals surface area contributed by atoms with E-state index in [4.69, 9.17) is 45.9 Å². The Balaban J connectivity index is 3.48. The fourth-order valence-electron chi connectivity index (χ4n) is 11.6. The quantitative estimate of drug-likeness (QED) is 0.0273. The van der Waals surface area contributed by atoms with Gasteiger partial charge < -0.3 is 130 Å². The molecule has 0 radical (unpaired) electrons. The van der Waals surface area contributed by atoms with E-state index in [1.54, 1.807) is 27.7 Å². The van der Waals surface area contributed by atoms with Gasteiger partial charge in [0.1, 0.15) is 84.3 Å². The molecule has 1 aromatic rings. The molecule has 638 valence electrons. The fourth-order valence-corrected chi connectivity index (χ4v) is 11.6. The second kappa shape index (κ2) is 56.5. The number of amides is 13. The van der Waals surface area contributed by atoms with Gasteiger partial charge in [0.15, 0.2) is 0 Å². The number of hydrogen-bond acceptors (Lipinski definition) is 24. The number of aromatic hydroxyl groups is 1. The number of phenols is 1. The van der Waals surface area contributed by atoms with Gasteiger partial charge in [-0.2, -0.15) is 0 Å². The molecule has 0 spiro atoms. The molecule has 0 unspecified atom stereocenters. The number of nitrogens with one attached hydrogen (secondary N) is 13. The van der Waals surface area contributed by atoms with Gasteiger partial charge in [-0.3, -0.25) is 67.1 Å². The minimum atomic E-state index is -1.82. The van der Waals surface area contributed by atoms with Gasteiger partial charge in [0.05, 0.1) is 12.1 Å². The number of carbonyl (C=O) groups is 14. The van der Waals surface area contributed by atoms with Crippen molar-refractivity contribution >= 4 is 82.8 Å². The van der Waals surface area contributed by atoms with Crippen molar-refractivity contribution in [3.63, 3.8) is 0 Å². The molecule has 0 saturated carbocycles. The Labute approximate surface area is 658 Å². The van der Waals surface area contributed by atoms with E-state index in [0.717, 1.165) is 0 Å². The third-order valence-electron chi connectivity index (χ3n) is 18.6. The summed E-state index contributed by atoms with van der Waals surface area (Å²) < 4.78 is 0. The number of carboxylic acids is 1. The van der Waals surface area contributed by atoms with Gasteiger partial charge in [-0.1, -0.05) is 46.2 Å². The molecule has 1 aromatic carbocycles. The monoisotopic (exact) mass is 1590 g/mol. The molecular formula is C74H135N21O17. The summed E-state index contributed by atoms with van der Waals surface area (Å²) in [4.78, 5) is 194. The SMILES string of the molecule is CC(C)[C@H](NC(=O)[C@H](CCCCN)NC(=O)[C@H](CCCCN)NC(=O)[C@H](CCCCN)NC(=O)[C@@H](N)CCCCN)C(=O)N[C@H](C(=O)N[C@@H](C)C(=O)N[C@@H](C)C(=O)N[C@H](C(=O)N[C@@H](Cc1ccc(O)cc1)C(=O)N[C@@H](CCCCN)C(=O)N[C@@H](CCCCN)C(=O)N[C@@H](CCCCN)C(=O)N[C@@H](C)C(=O)O)[C@@H](C)O)C(C)C. The average molecular weight is 1590 g/mol. The highest BCUT2D eigenvalue weighted by molar-refractivity contribution is 6.00. The summed E-state index contributed by atoms with van der Waals surface area (Å²) >= 11 is 0. The van der Waals surface area contributed by atoms with Crippen LogP contribution in [-0.2, 0) is 73.5 Å². The van der Waals surface area contributed by atoms with Crippen LogP contribution in [0.3, 0.4) is 0 Å². The van der Waals surface area contributed by atoms with Crippen LogP contribution in [0, 0.1) is 11.8 Å². The van der Waals surface area contributed by atoms with Gasteiger partial charge >= 0.3 is 5.97 Å². The third-order valence-corrected chi connectivity index (χ3v) is 18.6. The van der Waals surface area contributed by atoms with Crippen molar-refractivity contribution in [2.24, 2.45) is 57.7 Å². The van der Waals surface area contributed by atoms with Gasteiger partial charge in [0, 0.05) is 6.42 Å². The van der Waals surface area contributed by atoms with E-state index in [2.05, 4.69) is 69.1 Å². The third kappa shape index (κ3) is 39.6. The summed E-state index contributed by atoms with van der Waals surface area (Å²) in [5.74, 6) is -13.5.